The predicted molar refractivity (Wildman–Crippen MR) is 46.3 cm³/mol. The van der Waals surface area contributed by atoms with E-state index in [4.69, 9.17) is 5.11 Å². The van der Waals surface area contributed by atoms with Crippen LogP contribution in [0.1, 0.15) is 28.3 Å². The smallest absolute Gasteiger partial charge is 0.356 e. The minimum absolute atomic E-state index is 0.0223. The Morgan fingerprint density at radius 1 is 1.54 bits per heavy atom. The number of hydrogen-bond acceptors (Lipinski definition) is 3. The normalized spacial score (nSPS) is 13.8. The molecule has 0 unspecified atom stereocenters. The molecule has 0 aromatic carbocycles. The second-order valence-electron chi connectivity index (χ2n) is 2.83. The first-order valence-corrected chi connectivity index (χ1v) is 4.03. The molecule has 0 aliphatic heterocycles. The van der Waals surface area contributed by atoms with E-state index < -0.39 is 5.97 Å². The van der Waals surface area contributed by atoms with Crippen molar-refractivity contribution in [3.63, 3.8) is 0 Å². The summed E-state index contributed by atoms with van der Waals surface area (Å²) in [6, 6.07) is 0. The third-order valence-electron chi connectivity index (χ3n) is 1.92. The van der Waals surface area contributed by atoms with Gasteiger partial charge in [-0.15, -0.1) is 0 Å². The predicted octanol–water partition coefficient (Wildman–Crippen LogP) is 1.13. The van der Waals surface area contributed by atoms with Crippen molar-refractivity contribution >= 4 is 12.0 Å². The number of nitrogens with zero attached hydrogens (tertiary/aromatic N) is 2. The van der Waals surface area contributed by atoms with Crippen molar-refractivity contribution in [1.29, 1.82) is 0 Å². The van der Waals surface area contributed by atoms with E-state index >= 15 is 0 Å². The molecule has 0 spiro atoms. The quantitative estimate of drug-likeness (QED) is 0.696. The van der Waals surface area contributed by atoms with E-state index in [1.54, 1.807) is 0 Å². The molecule has 4 nitrogen and oxygen atoms in total. The fourth-order valence-electron chi connectivity index (χ4n) is 1.28. The molecule has 1 aliphatic rings. The lowest BCUT2D eigenvalue weighted by Crippen LogP contribution is -2.08. The van der Waals surface area contributed by atoms with Gasteiger partial charge in [-0.25, -0.2) is 9.78 Å². The number of fused-ring (bicyclic) bond motifs is 1. The molecular weight excluding hydrogens is 168 g/mol. The first-order valence-electron chi connectivity index (χ1n) is 4.03. The number of rotatable bonds is 1. The summed E-state index contributed by atoms with van der Waals surface area (Å²) in [6.07, 6.45) is 6.86. The third-order valence-corrected chi connectivity index (χ3v) is 1.92. The average molecular weight is 176 g/mol. The van der Waals surface area contributed by atoms with Crippen LogP contribution in [-0.2, 0) is 6.42 Å². The summed E-state index contributed by atoms with van der Waals surface area (Å²) in [7, 11) is 0. The first-order chi connectivity index (χ1) is 6.27. The van der Waals surface area contributed by atoms with Crippen LogP contribution in [0.25, 0.3) is 6.08 Å². The fourth-order valence-corrected chi connectivity index (χ4v) is 1.28. The highest BCUT2D eigenvalue weighted by Gasteiger charge is 2.11. The molecule has 1 N–H and O–H groups in total. The molecular formula is C9H8N2O2. The third kappa shape index (κ3) is 1.42. The van der Waals surface area contributed by atoms with Gasteiger partial charge < -0.3 is 5.11 Å². The van der Waals surface area contributed by atoms with Crippen LogP contribution >= 0.6 is 0 Å². The van der Waals surface area contributed by atoms with Gasteiger partial charge in [-0.3, -0.25) is 4.98 Å². The van der Waals surface area contributed by atoms with Crippen molar-refractivity contribution in [1.82, 2.24) is 9.97 Å². The highest BCUT2D eigenvalue weighted by Crippen LogP contribution is 2.14. The Balaban J connectivity index is 2.48. The van der Waals surface area contributed by atoms with Gasteiger partial charge in [0.2, 0.25) is 0 Å². The summed E-state index contributed by atoms with van der Waals surface area (Å²) in [5.74, 6) is -1.02. The van der Waals surface area contributed by atoms with Crippen LogP contribution in [0.2, 0.25) is 0 Å². The summed E-state index contributed by atoms with van der Waals surface area (Å²) in [6.45, 7) is 0. The van der Waals surface area contributed by atoms with Crippen LogP contribution in [0.5, 0.6) is 0 Å². The number of aromatic carboxylic acids is 1. The molecule has 0 bridgehead atoms. The molecule has 0 amide bonds. The number of aryl methyl sites for hydroxylation is 1. The first kappa shape index (κ1) is 7.91. The van der Waals surface area contributed by atoms with Crippen molar-refractivity contribution in [2.75, 3.05) is 0 Å². The van der Waals surface area contributed by atoms with E-state index in [2.05, 4.69) is 9.97 Å². The van der Waals surface area contributed by atoms with Gasteiger partial charge >= 0.3 is 5.97 Å². The van der Waals surface area contributed by atoms with E-state index in [1.807, 2.05) is 12.2 Å². The molecule has 0 atom stereocenters. The molecule has 4 heteroatoms. The van der Waals surface area contributed by atoms with Crippen molar-refractivity contribution in [2.24, 2.45) is 0 Å². The number of carboxylic acid groups (broad SMARTS) is 1. The van der Waals surface area contributed by atoms with Gasteiger partial charge in [-0.1, -0.05) is 6.08 Å². The van der Waals surface area contributed by atoms with Crippen LogP contribution in [-0.4, -0.2) is 21.0 Å². The second-order valence-corrected chi connectivity index (χ2v) is 2.83. The Bertz CT molecular complexity index is 385. The van der Waals surface area contributed by atoms with Gasteiger partial charge in [-0.05, 0) is 18.9 Å². The summed E-state index contributed by atoms with van der Waals surface area (Å²) >= 11 is 0. The second kappa shape index (κ2) is 2.97. The molecule has 1 aromatic heterocycles. The SMILES string of the molecule is O=C(O)c1cnc2c(n1)CCC=C2. The van der Waals surface area contributed by atoms with Crippen molar-refractivity contribution in [3.05, 3.63) is 29.4 Å². The Labute approximate surface area is 75.0 Å². The van der Waals surface area contributed by atoms with Crippen LogP contribution in [0, 0.1) is 0 Å². The lowest BCUT2D eigenvalue weighted by atomic mass is 10.1. The molecule has 0 radical (unpaired) electrons. The van der Waals surface area contributed by atoms with E-state index in [9.17, 15) is 4.79 Å². The zero-order chi connectivity index (χ0) is 9.26. The van der Waals surface area contributed by atoms with Crippen molar-refractivity contribution < 1.29 is 9.90 Å². The summed E-state index contributed by atoms with van der Waals surface area (Å²) < 4.78 is 0. The minimum Gasteiger partial charge on any atom is -0.476 e. The van der Waals surface area contributed by atoms with Gasteiger partial charge in [-0.2, -0.15) is 0 Å². The Morgan fingerprint density at radius 3 is 3.15 bits per heavy atom. The number of aromatic nitrogens is 2. The highest BCUT2D eigenvalue weighted by atomic mass is 16.4. The van der Waals surface area contributed by atoms with Gasteiger partial charge in [0.05, 0.1) is 17.6 Å². The van der Waals surface area contributed by atoms with E-state index in [0.29, 0.717) is 0 Å². The molecule has 66 valence electrons. The average Bonchev–Trinajstić information content (AvgIpc) is 2.17. The topological polar surface area (TPSA) is 63.1 Å². The number of hydrogen-bond donors (Lipinski definition) is 1. The highest BCUT2D eigenvalue weighted by molar-refractivity contribution is 5.85. The molecule has 0 saturated carbocycles. The van der Waals surface area contributed by atoms with E-state index in [0.717, 1.165) is 24.2 Å². The summed E-state index contributed by atoms with van der Waals surface area (Å²) in [4.78, 5) is 18.6. The molecule has 13 heavy (non-hydrogen) atoms. The number of carbonyl (C=O) groups is 1. The van der Waals surface area contributed by atoms with E-state index in [-0.39, 0.29) is 5.69 Å². The monoisotopic (exact) mass is 176 g/mol. The molecule has 2 rings (SSSR count). The summed E-state index contributed by atoms with van der Waals surface area (Å²) in [5, 5.41) is 8.67. The zero-order valence-electron chi connectivity index (χ0n) is 6.90. The lowest BCUT2D eigenvalue weighted by molar-refractivity contribution is 0.0689. The van der Waals surface area contributed by atoms with Crippen LogP contribution in [0.3, 0.4) is 0 Å². The van der Waals surface area contributed by atoms with Crippen LogP contribution in [0.4, 0.5) is 0 Å². The van der Waals surface area contributed by atoms with Gasteiger partial charge in [0.15, 0.2) is 5.69 Å². The fraction of sp³-hybridized carbons (Fsp3) is 0.222. The minimum atomic E-state index is -1.02. The Kier molecular flexibility index (Phi) is 1.81. The van der Waals surface area contributed by atoms with Crippen molar-refractivity contribution in [3.8, 4) is 0 Å². The Hall–Kier alpha value is -1.71. The summed E-state index contributed by atoms with van der Waals surface area (Å²) in [5.41, 5.74) is 1.59. The van der Waals surface area contributed by atoms with Gasteiger partial charge in [0.1, 0.15) is 0 Å². The van der Waals surface area contributed by atoms with Crippen molar-refractivity contribution in [2.45, 2.75) is 12.8 Å². The molecule has 1 aliphatic carbocycles. The van der Waals surface area contributed by atoms with E-state index in [1.165, 1.54) is 6.20 Å². The molecule has 0 fully saturated rings. The number of carboxylic acids is 1. The largest absolute Gasteiger partial charge is 0.476 e. The Morgan fingerprint density at radius 2 is 2.38 bits per heavy atom. The van der Waals surface area contributed by atoms with Gasteiger partial charge in [0.25, 0.3) is 0 Å². The molecule has 1 aromatic rings. The molecule has 0 saturated heterocycles. The van der Waals surface area contributed by atoms with Crippen LogP contribution < -0.4 is 0 Å². The zero-order valence-corrected chi connectivity index (χ0v) is 6.90. The molecule has 1 heterocycles. The maximum Gasteiger partial charge on any atom is 0.356 e. The number of allylic oxidation sites excluding steroid dienone is 1. The standard InChI is InChI=1S/C9H8N2O2/c12-9(13)8-5-10-6-3-1-2-4-7(6)11-8/h1,3,5H,2,4H2,(H,12,13). The maximum atomic E-state index is 10.6. The van der Waals surface area contributed by atoms with Crippen LogP contribution in [0.15, 0.2) is 12.3 Å². The maximum absolute atomic E-state index is 10.6. The van der Waals surface area contributed by atoms with Gasteiger partial charge in [0, 0.05) is 0 Å². The lowest BCUT2D eigenvalue weighted by Gasteiger charge is -2.07.